The van der Waals surface area contributed by atoms with Gasteiger partial charge in [0.25, 0.3) is 5.91 Å². The van der Waals surface area contributed by atoms with Crippen LogP contribution >= 0.6 is 0 Å². The molecule has 3 rings (SSSR count). The number of carboxylic acids is 1. The van der Waals surface area contributed by atoms with Crippen molar-refractivity contribution in [2.24, 2.45) is 5.73 Å². The first-order valence-corrected chi connectivity index (χ1v) is 9.37. The third-order valence-corrected chi connectivity index (χ3v) is 4.50. The van der Waals surface area contributed by atoms with E-state index in [1.165, 1.54) is 12.1 Å². The lowest BCUT2D eigenvalue weighted by Gasteiger charge is -2.15. The molecule has 8 nitrogen and oxygen atoms in total. The van der Waals surface area contributed by atoms with E-state index < -0.39 is 11.9 Å². The minimum absolute atomic E-state index is 0.0542. The van der Waals surface area contributed by atoms with E-state index >= 15 is 0 Å². The van der Waals surface area contributed by atoms with Crippen LogP contribution in [0.5, 0.6) is 5.75 Å². The number of amides is 1. The maximum absolute atomic E-state index is 13.1. The van der Waals surface area contributed by atoms with Crippen molar-refractivity contribution in [3.05, 3.63) is 83.4 Å². The van der Waals surface area contributed by atoms with Gasteiger partial charge in [-0.25, -0.2) is 4.79 Å². The number of ether oxygens (including phenoxy) is 1. The van der Waals surface area contributed by atoms with Gasteiger partial charge >= 0.3 is 5.97 Å². The smallest absolute Gasteiger partial charge is 0.336 e. The van der Waals surface area contributed by atoms with Crippen LogP contribution in [0.3, 0.4) is 0 Å². The Labute approximate surface area is 178 Å². The summed E-state index contributed by atoms with van der Waals surface area (Å²) in [4.78, 5) is 24.8. The van der Waals surface area contributed by atoms with Crippen LogP contribution in [0.4, 0.5) is 5.69 Å². The number of hydrogen-bond acceptors (Lipinski definition) is 5. The Kier molecular flexibility index (Phi) is 6.64. The van der Waals surface area contributed by atoms with E-state index in [2.05, 4.69) is 5.32 Å². The number of aromatic carboxylic acids is 1. The quantitative estimate of drug-likeness (QED) is 0.280. The summed E-state index contributed by atoms with van der Waals surface area (Å²) in [5.74, 6) is -1.30. The number of nitrogen functional groups attached to an aromatic ring is 1. The number of amidine groups is 1. The van der Waals surface area contributed by atoms with Gasteiger partial charge in [0.2, 0.25) is 0 Å². The molecule has 0 aliphatic carbocycles. The molecule has 158 valence electrons. The van der Waals surface area contributed by atoms with Gasteiger partial charge in [-0.15, -0.1) is 0 Å². The second kappa shape index (κ2) is 9.55. The van der Waals surface area contributed by atoms with Crippen LogP contribution in [-0.4, -0.2) is 41.1 Å². The predicted octanol–water partition coefficient (Wildman–Crippen LogP) is 2.96. The molecule has 8 heteroatoms. The standard InChI is InChI=1S/C23H21N3O5/c24-21(25)14-5-7-15(8-6-14)26-22(28)20-13-16(31-12-11-27)9-10-18(20)17-3-1-2-4-19(17)23(29)30/h1-10,13,27H,11-12H2,(H3,24,25)(H,26,28)(H,29,30). The van der Waals surface area contributed by atoms with Crippen molar-refractivity contribution in [1.29, 1.82) is 5.41 Å². The molecule has 0 atom stereocenters. The lowest BCUT2D eigenvalue weighted by molar-refractivity contribution is 0.0697. The number of benzene rings is 3. The molecule has 0 aliphatic rings. The molecule has 3 aromatic carbocycles. The highest BCUT2D eigenvalue weighted by atomic mass is 16.5. The summed E-state index contributed by atoms with van der Waals surface area (Å²) in [6.07, 6.45) is 0. The lowest BCUT2D eigenvalue weighted by atomic mass is 9.94. The van der Waals surface area contributed by atoms with Crippen molar-refractivity contribution in [3.8, 4) is 16.9 Å². The fraction of sp³-hybridized carbons (Fsp3) is 0.0870. The third-order valence-electron chi connectivity index (χ3n) is 4.50. The largest absolute Gasteiger partial charge is 0.491 e. The molecule has 0 aromatic heterocycles. The molecule has 6 N–H and O–H groups in total. The fourth-order valence-electron chi connectivity index (χ4n) is 3.04. The molecule has 0 saturated heterocycles. The van der Waals surface area contributed by atoms with Crippen LogP contribution in [0.1, 0.15) is 26.3 Å². The summed E-state index contributed by atoms with van der Waals surface area (Å²) in [5, 5.41) is 28.8. The molecular formula is C23H21N3O5. The Balaban J connectivity index is 2.02. The molecule has 0 bridgehead atoms. The first-order valence-electron chi connectivity index (χ1n) is 9.37. The number of carbonyl (C=O) groups is 2. The van der Waals surface area contributed by atoms with E-state index in [4.69, 9.17) is 21.0 Å². The minimum Gasteiger partial charge on any atom is -0.491 e. The first-order chi connectivity index (χ1) is 14.9. The summed E-state index contributed by atoms with van der Waals surface area (Å²) in [6, 6.07) is 17.6. The average Bonchev–Trinajstić information content (AvgIpc) is 2.77. The van der Waals surface area contributed by atoms with Crippen molar-refractivity contribution in [3.63, 3.8) is 0 Å². The summed E-state index contributed by atoms with van der Waals surface area (Å²) in [6.45, 7) is -0.133. The third kappa shape index (κ3) is 5.06. The number of nitrogens with two attached hydrogens (primary N) is 1. The van der Waals surface area contributed by atoms with Gasteiger partial charge < -0.3 is 26.0 Å². The molecule has 0 spiro atoms. The van der Waals surface area contributed by atoms with Crippen LogP contribution < -0.4 is 15.8 Å². The number of aliphatic hydroxyl groups excluding tert-OH is 1. The van der Waals surface area contributed by atoms with E-state index in [1.807, 2.05) is 0 Å². The van der Waals surface area contributed by atoms with Gasteiger partial charge in [-0.3, -0.25) is 10.2 Å². The van der Waals surface area contributed by atoms with Crippen molar-refractivity contribution in [1.82, 2.24) is 0 Å². The second-order valence-corrected chi connectivity index (χ2v) is 6.58. The Morgan fingerprint density at radius 1 is 0.968 bits per heavy atom. The number of carboxylic acid groups (broad SMARTS) is 1. The van der Waals surface area contributed by atoms with Gasteiger partial charge in [0.1, 0.15) is 18.2 Å². The van der Waals surface area contributed by atoms with E-state index in [1.54, 1.807) is 54.6 Å². The molecule has 0 saturated carbocycles. The molecule has 0 heterocycles. The molecule has 31 heavy (non-hydrogen) atoms. The highest BCUT2D eigenvalue weighted by Gasteiger charge is 2.19. The molecule has 0 aliphatic heterocycles. The van der Waals surface area contributed by atoms with Crippen LogP contribution in [0.2, 0.25) is 0 Å². The van der Waals surface area contributed by atoms with Gasteiger partial charge in [0, 0.05) is 11.3 Å². The van der Waals surface area contributed by atoms with E-state index in [-0.39, 0.29) is 30.2 Å². The van der Waals surface area contributed by atoms with Gasteiger partial charge in [-0.2, -0.15) is 0 Å². The summed E-state index contributed by atoms with van der Waals surface area (Å²) in [7, 11) is 0. The zero-order valence-electron chi connectivity index (χ0n) is 16.5. The first kappa shape index (κ1) is 21.5. The molecule has 3 aromatic rings. The SMILES string of the molecule is N=C(N)c1ccc(NC(=O)c2cc(OCCO)ccc2-c2ccccc2C(=O)O)cc1. The van der Waals surface area contributed by atoms with Crippen LogP contribution in [-0.2, 0) is 0 Å². The lowest BCUT2D eigenvalue weighted by Crippen LogP contribution is -2.15. The average molecular weight is 419 g/mol. The van der Waals surface area contributed by atoms with Gasteiger partial charge in [0.05, 0.1) is 17.7 Å². The minimum atomic E-state index is -1.11. The number of anilines is 1. The maximum atomic E-state index is 13.1. The molecule has 0 radical (unpaired) electrons. The summed E-state index contributed by atoms with van der Waals surface area (Å²) < 4.78 is 5.42. The van der Waals surface area contributed by atoms with Gasteiger partial charge in [-0.05, 0) is 59.7 Å². The van der Waals surface area contributed by atoms with Crippen LogP contribution in [0.15, 0.2) is 66.7 Å². The van der Waals surface area contributed by atoms with Crippen molar-refractivity contribution < 1.29 is 24.5 Å². The zero-order valence-corrected chi connectivity index (χ0v) is 16.5. The highest BCUT2D eigenvalue weighted by molar-refractivity contribution is 6.10. The molecule has 0 unspecified atom stereocenters. The Morgan fingerprint density at radius 3 is 2.29 bits per heavy atom. The van der Waals surface area contributed by atoms with E-state index in [9.17, 15) is 14.7 Å². The second-order valence-electron chi connectivity index (χ2n) is 6.58. The van der Waals surface area contributed by atoms with Crippen molar-refractivity contribution in [2.75, 3.05) is 18.5 Å². The van der Waals surface area contributed by atoms with E-state index in [0.717, 1.165) is 0 Å². The monoisotopic (exact) mass is 419 g/mol. The zero-order chi connectivity index (χ0) is 22.4. The van der Waals surface area contributed by atoms with Crippen LogP contribution in [0.25, 0.3) is 11.1 Å². The number of nitrogens with one attached hydrogen (secondary N) is 2. The number of aliphatic hydroxyl groups is 1. The van der Waals surface area contributed by atoms with E-state index in [0.29, 0.717) is 28.1 Å². The van der Waals surface area contributed by atoms with Crippen molar-refractivity contribution in [2.45, 2.75) is 0 Å². The number of rotatable bonds is 8. The number of hydrogen-bond donors (Lipinski definition) is 5. The van der Waals surface area contributed by atoms with Gasteiger partial charge in [0.15, 0.2) is 0 Å². The molecule has 1 amide bonds. The Hall–Kier alpha value is -4.17. The Bertz CT molecular complexity index is 1130. The summed E-state index contributed by atoms with van der Waals surface area (Å²) >= 11 is 0. The normalized spacial score (nSPS) is 10.4. The molecule has 0 fully saturated rings. The topological polar surface area (TPSA) is 146 Å². The van der Waals surface area contributed by atoms with Crippen LogP contribution in [0, 0.1) is 5.41 Å². The predicted molar refractivity (Wildman–Crippen MR) is 117 cm³/mol. The van der Waals surface area contributed by atoms with Gasteiger partial charge in [-0.1, -0.05) is 18.2 Å². The summed E-state index contributed by atoms with van der Waals surface area (Å²) in [5.41, 5.74) is 7.54. The number of carbonyl (C=O) groups excluding carboxylic acids is 1. The maximum Gasteiger partial charge on any atom is 0.336 e. The van der Waals surface area contributed by atoms with Crippen molar-refractivity contribution >= 4 is 23.4 Å². The Morgan fingerprint density at radius 2 is 1.65 bits per heavy atom. The fourth-order valence-corrected chi connectivity index (χ4v) is 3.04. The highest BCUT2D eigenvalue weighted by Crippen LogP contribution is 2.31. The molecular weight excluding hydrogens is 398 g/mol.